The molecular weight excluding hydrogens is 210 g/mol. The summed E-state index contributed by atoms with van der Waals surface area (Å²) >= 11 is 0. The second kappa shape index (κ2) is 4.53. The van der Waals surface area contributed by atoms with E-state index in [1.54, 1.807) is 5.57 Å². The third-order valence-corrected chi connectivity index (χ3v) is 3.80. The normalized spacial score (nSPS) is 30.1. The summed E-state index contributed by atoms with van der Waals surface area (Å²) in [6.45, 7) is 0.831. The van der Waals surface area contributed by atoms with Gasteiger partial charge in [-0.05, 0) is 31.7 Å². The van der Waals surface area contributed by atoms with Crippen LogP contribution < -0.4 is 10.5 Å². The Balaban J connectivity index is 1.86. The molecule has 0 radical (unpaired) electrons. The average Bonchev–Trinajstić information content (AvgIpc) is 2.75. The molecule has 1 aliphatic heterocycles. The van der Waals surface area contributed by atoms with Crippen molar-refractivity contribution in [2.75, 3.05) is 6.61 Å². The van der Waals surface area contributed by atoms with Gasteiger partial charge in [-0.3, -0.25) is 0 Å². The molecule has 1 fully saturated rings. The first-order valence-corrected chi connectivity index (χ1v) is 6.50. The fraction of sp³-hybridized carbons (Fsp3) is 0.467. The molecule has 0 saturated heterocycles. The van der Waals surface area contributed by atoms with Gasteiger partial charge in [0.2, 0.25) is 0 Å². The molecule has 0 aromatic heterocycles. The van der Waals surface area contributed by atoms with Crippen molar-refractivity contribution in [3.05, 3.63) is 41.5 Å². The van der Waals surface area contributed by atoms with Crippen molar-refractivity contribution in [2.45, 2.75) is 37.6 Å². The Labute approximate surface area is 102 Å². The number of hydrogen-bond acceptors (Lipinski definition) is 2. The minimum atomic E-state index is 0.385. The number of rotatable bonds is 1. The van der Waals surface area contributed by atoms with Crippen LogP contribution in [0.2, 0.25) is 0 Å². The third-order valence-electron chi connectivity index (χ3n) is 3.80. The van der Waals surface area contributed by atoms with Crippen LogP contribution in [0.15, 0.2) is 35.9 Å². The van der Waals surface area contributed by atoms with Crippen molar-refractivity contribution >= 4 is 0 Å². The number of benzene rings is 1. The Hall–Kier alpha value is -1.28. The standard InChI is InChI=1S/C15H19NO/c16-13-6-5-11(10-13)9-12-7-8-17-15-4-2-1-3-14(12)15/h1-4,9,12-13H,5-8,10,16H2/b11-9-. The van der Waals surface area contributed by atoms with E-state index in [0.717, 1.165) is 31.6 Å². The van der Waals surface area contributed by atoms with E-state index < -0.39 is 0 Å². The number of ether oxygens (including phenoxy) is 1. The monoisotopic (exact) mass is 229 g/mol. The van der Waals surface area contributed by atoms with Crippen LogP contribution in [-0.2, 0) is 0 Å². The van der Waals surface area contributed by atoms with E-state index in [1.165, 1.54) is 12.0 Å². The van der Waals surface area contributed by atoms with Crippen LogP contribution in [0.1, 0.15) is 37.2 Å². The van der Waals surface area contributed by atoms with Crippen LogP contribution in [-0.4, -0.2) is 12.6 Å². The van der Waals surface area contributed by atoms with Crippen LogP contribution in [0.3, 0.4) is 0 Å². The summed E-state index contributed by atoms with van der Waals surface area (Å²) < 4.78 is 5.69. The zero-order chi connectivity index (χ0) is 11.7. The smallest absolute Gasteiger partial charge is 0.123 e. The van der Waals surface area contributed by atoms with Gasteiger partial charge in [0.15, 0.2) is 0 Å². The SMILES string of the molecule is NC1CC/C(=C/C2CCOc3ccccc32)C1. The molecule has 1 aromatic rings. The van der Waals surface area contributed by atoms with Gasteiger partial charge in [0.25, 0.3) is 0 Å². The van der Waals surface area contributed by atoms with Crippen molar-refractivity contribution in [2.24, 2.45) is 5.73 Å². The van der Waals surface area contributed by atoms with Crippen molar-refractivity contribution < 1.29 is 4.74 Å². The van der Waals surface area contributed by atoms with Crippen LogP contribution in [0.5, 0.6) is 5.75 Å². The zero-order valence-electron chi connectivity index (χ0n) is 10.1. The maximum Gasteiger partial charge on any atom is 0.123 e. The lowest BCUT2D eigenvalue weighted by Crippen LogP contribution is -2.14. The van der Waals surface area contributed by atoms with Crippen LogP contribution in [0.4, 0.5) is 0 Å². The average molecular weight is 229 g/mol. The third kappa shape index (κ3) is 2.22. The van der Waals surface area contributed by atoms with E-state index in [2.05, 4.69) is 24.3 Å². The molecule has 2 heteroatoms. The van der Waals surface area contributed by atoms with Crippen molar-refractivity contribution in [3.63, 3.8) is 0 Å². The highest BCUT2D eigenvalue weighted by Gasteiger charge is 2.22. The van der Waals surface area contributed by atoms with Gasteiger partial charge in [-0.25, -0.2) is 0 Å². The topological polar surface area (TPSA) is 35.2 Å². The molecule has 0 bridgehead atoms. The summed E-state index contributed by atoms with van der Waals surface area (Å²) in [6.07, 6.45) is 6.95. The molecule has 2 atom stereocenters. The Morgan fingerprint density at radius 1 is 1.24 bits per heavy atom. The highest BCUT2D eigenvalue weighted by atomic mass is 16.5. The minimum Gasteiger partial charge on any atom is -0.493 e. The maximum absolute atomic E-state index is 5.96. The largest absolute Gasteiger partial charge is 0.493 e. The molecule has 2 unspecified atom stereocenters. The maximum atomic E-state index is 5.96. The number of hydrogen-bond donors (Lipinski definition) is 1. The van der Waals surface area contributed by atoms with Crippen molar-refractivity contribution in [1.29, 1.82) is 0 Å². The number of nitrogens with two attached hydrogens (primary N) is 1. The van der Waals surface area contributed by atoms with E-state index in [1.807, 2.05) is 6.07 Å². The molecule has 1 aliphatic carbocycles. The lowest BCUT2D eigenvalue weighted by atomic mass is 9.91. The lowest BCUT2D eigenvalue weighted by Gasteiger charge is -2.24. The van der Waals surface area contributed by atoms with Crippen molar-refractivity contribution in [1.82, 2.24) is 0 Å². The number of para-hydroxylation sites is 1. The predicted octanol–water partition coefficient (Wildman–Crippen LogP) is 2.99. The summed E-state index contributed by atoms with van der Waals surface area (Å²) in [7, 11) is 0. The Kier molecular flexibility index (Phi) is 2.89. The molecule has 17 heavy (non-hydrogen) atoms. The fourth-order valence-electron chi connectivity index (χ4n) is 2.89. The zero-order valence-corrected chi connectivity index (χ0v) is 10.1. The first-order valence-electron chi connectivity index (χ1n) is 6.50. The predicted molar refractivity (Wildman–Crippen MR) is 69.2 cm³/mol. The van der Waals surface area contributed by atoms with E-state index in [9.17, 15) is 0 Å². The summed E-state index contributed by atoms with van der Waals surface area (Å²) in [5.41, 5.74) is 8.84. The van der Waals surface area contributed by atoms with E-state index >= 15 is 0 Å². The van der Waals surface area contributed by atoms with Crippen LogP contribution in [0, 0.1) is 0 Å². The molecule has 2 N–H and O–H groups in total. The Bertz CT molecular complexity index is 438. The van der Waals surface area contributed by atoms with Gasteiger partial charge < -0.3 is 10.5 Å². The molecule has 2 aliphatic rings. The van der Waals surface area contributed by atoms with Crippen molar-refractivity contribution in [3.8, 4) is 5.75 Å². The minimum absolute atomic E-state index is 0.385. The van der Waals surface area contributed by atoms with Crippen LogP contribution in [0.25, 0.3) is 0 Å². The number of allylic oxidation sites excluding steroid dienone is 1. The van der Waals surface area contributed by atoms with Crippen LogP contribution >= 0.6 is 0 Å². The second-order valence-corrected chi connectivity index (χ2v) is 5.11. The summed E-state index contributed by atoms with van der Waals surface area (Å²) in [5.74, 6) is 1.59. The Morgan fingerprint density at radius 3 is 2.94 bits per heavy atom. The van der Waals surface area contributed by atoms with Gasteiger partial charge in [-0.2, -0.15) is 0 Å². The number of fused-ring (bicyclic) bond motifs is 1. The van der Waals surface area contributed by atoms with Gasteiger partial charge in [-0.15, -0.1) is 0 Å². The van der Waals surface area contributed by atoms with E-state index in [4.69, 9.17) is 10.5 Å². The van der Waals surface area contributed by atoms with Gasteiger partial charge in [-0.1, -0.05) is 29.8 Å². The fourth-order valence-corrected chi connectivity index (χ4v) is 2.89. The second-order valence-electron chi connectivity index (χ2n) is 5.11. The summed E-state index contributed by atoms with van der Waals surface area (Å²) in [5, 5.41) is 0. The van der Waals surface area contributed by atoms with E-state index in [0.29, 0.717) is 12.0 Å². The van der Waals surface area contributed by atoms with Gasteiger partial charge in [0, 0.05) is 17.5 Å². The molecular formula is C15H19NO. The summed E-state index contributed by atoms with van der Waals surface area (Å²) in [4.78, 5) is 0. The molecule has 1 heterocycles. The molecule has 2 nitrogen and oxygen atoms in total. The first-order chi connectivity index (χ1) is 8.33. The molecule has 3 rings (SSSR count). The lowest BCUT2D eigenvalue weighted by molar-refractivity contribution is 0.278. The highest BCUT2D eigenvalue weighted by Crippen LogP contribution is 2.36. The highest BCUT2D eigenvalue weighted by molar-refractivity contribution is 5.40. The van der Waals surface area contributed by atoms with Gasteiger partial charge in [0.05, 0.1) is 6.61 Å². The van der Waals surface area contributed by atoms with Gasteiger partial charge >= 0.3 is 0 Å². The van der Waals surface area contributed by atoms with E-state index in [-0.39, 0.29) is 0 Å². The first kappa shape index (κ1) is 10.8. The molecule has 0 spiro atoms. The summed E-state index contributed by atoms with van der Waals surface area (Å²) in [6, 6.07) is 8.78. The molecule has 1 saturated carbocycles. The quantitative estimate of drug-likeness (QED) is 0.751. The Morgan fingerprint density at radius 2 is 2.12 bits per heavy atom. The molecule has 0 amide bonds. The molecule has 90 valence electrons. The van der Waals surface area contributed by atoms with Gasteiger partial charge in [0.1, 0.15) is 5.75 Å². The molecule has 1 aromatic carbocycles.